The molecule has 86 valence electrons. The van der Waals surface area contributed by atoms with E-state index in [4.69, 9.17) is 17.0 Å². The van der Waals surface area contributed by atoms with Gasteiger partial charge in [-0.2, -0.15) is 0 Å². The van der Waals surface area contributed by atoms with Crippen molar-refractivity contribution in [1.29, 1.82) is 0 Å². The van der Waals surface area contributed by atoms with Crippen molar-refractivity contribution < 1.29 is 9.84 Å². The average molecular weight is 236 g/mol. The summed E-state index contributed by atoms with van der Waals surface area (Å²) >= 11 is 5.02. The van der Waals surface area contributed by atoms with Gasteiger partial charge in [-0.05, 0) is 48.6 Å². The summed E-state index contributed by atoms with van der Waals surface area (Å²) in [5, 5.41) is 9.98. The lowest BCUT2D eigenvalue weighted by Gasteiger charge is -2.07. The van der Waals surface area contributed by atoms with E-state index in [1.165, 1.54) is 0 Å². The molecule has 0 saturated heterocycles. The quantitative estimate of drug-likeness (QED) is 0.637. The molecule has 0 saturated carbocycles. The Balaban J connectivity index is 2.94. The Kier molecular flexibility index (Phi) is 4.50. The molecule has 0 radical (unpaired) electrons. The molecule has 0 amide bonds. The van der Waals surface area contributed by atoms with E-state index in [9.17, 15) is 5.11 Å². The number of thiocarbonyl (C=S) groups is 1. The van der Waals surface area contributed by atoms with Gasteiger partial charge in [0.05, 0.1) is 7.11 Å². The Morgan fingerprint density at radius 3 is 2.25 bits per heavy atom. The second kappa shape index (κ2) is 5.66. The molecule has 16 heavy (non-hydrogen) atoms. The molecule has 0 unspecified atom stereocenters. The second-order valence-corrected chi connectivity index (χ2v) is 4.43. The fourth-order valence-electron chi connectivity index (χ4n) is 1.45. The first-order chi connectivity index (χ1) is 7.54. The molecular weight excluding hydrogens is 220 g/mol. The molecule has 0 atom stereocenters. The van der Waals surface area contributed by atoms with Crippen molar-refractivity contribution in [3.8, 4) is 5.75 Å². The molecule has 0 fully saturated rings. The van der Waals surface area contributed by atoms with Gasteiger partial charge in [-0.1, -0.05) is 12.2 Å². The maximum absolute atomic E-state index is 9.98. The van der Waals surface area contributed by atoms with Gasteiger partial charge in [0.1, 0.15) is 11.5 Å². The van der Waals surface area contributed by atoms with Crippen LogP contribution in [0.5, 0.6) is 5.75 Å². The van der Waals surface area contributed by atoms with Crippen LogP contribution in [0.2, 0.25) is 0 Å². The molecule has 0 aliphatic carbocycles. The van der Waals surface area contributed by atoms with Gasteiger partial charge in [0.25, 0.3) is 0 Å². The highest BCUT2D eigenvalue weighted by Crippen LogP contribution is 2.21. The molecule has 1 rings (SSSR count). The maximum Gasteiger partial charge on any atom is 0.122 e. The van der Waals surface area contributed by atoms with Crippen molar-refractivity contribution in [2.75, 3.05) is 7.11 Å². The fraction of sp³-hybridized carbons (Fsp3) is 0.308. The topological polar surface area (TPSA) is 29.5 Å². The SMILES string of the molecule is COc1ccc(/C(O)=C(/C)CC(C)=S)cc1. The van der Waals surface area contributed by atoms with E-state index in [1.807, 2.05) is 38.1 Å². The van der Waals surface area contributed by atoms with Crippen LogP contribution in [-0.2, 0) is 0 Å². The van der Waals surface area contributed by atoms with E-state index in [2.05, 4.69) is 0 Å². The number of rotatable bonds is 4. The van der Waals surface area contributed by atoms with Crippen LogP contribution in [0.4, 0.5) is 0 Å². The summed E-state index contributed by atoms with van der Waals surface area (Å²) in [7, 11) is 1.62. The zero-order valence-electron chi connectivity index (χ0n) is 9.78. The number of methoxy groups -OCH3 is 1. The monoisotopic (exact) mass is 236 g/mol. The lowest BCUT2D eigenvalue weighted by atomic mass is 10.1. The number of aliphatic hydroxyl groups excluding tert-OH is 1. The minimum Gasteiger partial charge on any atom is -0.507 e. The van der Waals surface area contributed by atoms with Crippen molar-refractivity contribution in [2.24, 2.45) is 0 Å². The van der Waals surface area contributed by atoms with Crippen LogP contribution in [0, 0.1) is 0 Å². The molecule has 2 nitrogen and oxygen atoms in total. The molecule has 1 N–H and O–H groups in total. The second-order valence-electron chi connectivity index (χ2n) is 3.74. The normalized spacial score (nSPS) is 11.9. The first kappa shape index (κ1) is 12.7. The third-order valence-corrected chi connectivity index (χ3v) is 2.43. The van der Waals surface area contributed by atoms with Crippen molar-refractivity contribution in [3.05, 3.63) is 35.4 Å². The highest BCUT2D eigenvalue weighted by molar-refractivity contribution is 7.80. The average Bonchev–Trinajstić information content (AvgIpc) is 2.27. The van der Waals surface area contributed by atoms with Crippen LogP contribution in [0.1, 0.15) is 25.8 Å². The van der Waals surface area contributed by atoms with Gasteiger partial charge >= 0.3 is 0 Å². The van der Waals surface area contributed by atoms with Gasteiger partial charge in [-0.15, -0.1) is 0 Å². The first-order valence-corrected chi connectivity index (χ1v) is 5.48. The van der Waals surface area contributed by atoms with Crippen molar-refractivity contribution in [2.45, 2.75) is 20.3 Å². The minimum atomic E-state index is 0.298. The molecule has 3 heteroatoms. The number of hydrogen-bond acceptors (Lipinski definition) is 3. The van der Waals surface area contributed by atoms with E-state index in [0.29, 0.717) is 12.2 Å². The molecule has 0 aliphatic rings. The molecule has 0 spiro atoms. The van der Waals surface area contributed by atoms with Gasteiger partial charge in [0.15, 0.2) is 0 Å². The highest BCUT2D eigenvalue weighted by atomic mass is 32.1. The van der Waals surface area contributed by atoms with Gasteiger partial charge in [-0.3, -0.25) is 0 Å². The van der Waals surface area contributed by atoms with Gasteiger partial charge < -0.3 is 9.84 Å². The lowest BCUT2D eigenvalue weighted by molar-refractivity contribution is 0.414. The predicted octanol–water partition coefficient (Wildman–Crippen LogP) is 3.76. The zero-order chi connectivity index (χ0) is 12.1. The molecule has 0 aliphatic heterocycles. The van der Waals surface area contributed by atoms with Crippen molar-refractivity contribution >= 4 is 22.8 Å². The Bertz CT molecular complexity index is 404. The maximum atomic E-state index is 9.98. The van der Waals surface area contributed by atoms with E-state index in [1.54, 1.807) is 7.11 Å². The van der Waals surface area contributed by atoms with Crippen LogP contribution in [0.25, 0.3) is 5.76 Å². The predicted molar refractivity (Wildman–Crippen MR) is 71.1 cm³/mol. The van der Waals surface area contributed by atoms with Crippen LogP contribution >= 0.6 is 12.2 Å². The summed E-state index contributed by atoms with van der Waals surface area (Å²) < 4.78 is 5.06. The minimum absolute atomic E-state index is 0.298. The smallest absolute Gasteiger partial charge is 0.122 e. The third kappa shape index (κ3) is 3.35. The highest BCUT2D eigenvalue weighted by Gasteiger charge is 2.04. The number of allylic oxidation sites excluding steroid dienone is 1. The number of ether oxygens (including phenoxy) is 1. The molecule has 0 heterocycles. The molecular formula is C13H16O2S. The van der Waals surface area contributed by atoms with E-state index >= 15 is 0 Å². The van der Waals surface area contributed by atoms with E-state index in [-0.39, 0.29) is 0 Å². The number of aliphatic hydroxyl groups is 1. The Labute approximate surface area is 102 Å². The summed E-state index contributed by atoms with van der Waals surface area (Å²) in [4.78, 5) is 0.873. The summed E-state index contributed by atoms with van der Waals surface area (Å²) in [6, 6.07) is 7.30. The van der Waals surface area contributed by atoms with Crippen molar-refractivity contribution in [3.63, 3.8) is 0 Å². The van der Waals surface area contributed by atoms with Crippen LogP contribution in [0.15, 0.2) is 29.8 Å². The standard InChI is InChI=1S/C13H16O2S/c1-9(8-10(2)16)13(14)11-4-6-12(15-3)7-5-11/h4-7,14H,8H2,1-3H3/b13-9+. The summed E-state index contributed by atoms with van der Waals surface area (Å²) in [6.07, 6.45) is 0.646. The third-order valence-electron chi connectivity index (χ3n) is 2.28. The molecule has 0 aromatic heterocycles. The van der Waals surface area contributed by atoms with Gasteiger partial charge in [0.2, 0.25) is 0 Å². The molecule has 1 aromatic carbocycles. The first-order valence-electron chi connectivity index (χ1n) is 5.07. The lowest BCUT2D eigenvalue weighted by Crippen LogP contribution is -1.93. The van der Waals surface area contributed by atoms with Gasteiger partial charge in [0, 0.05) is 12.0 Å². The molecule has 1 aromatic rings. The summed E-state index contributed by atoms with van der Waals surface area (Å²) in [6.45, 7) is 3.76. The summed E-state index contributed by atoms with van der Waals surface area (Å²) in [5.41, 5.74) is 1.67. The Morgan fingerprint density at radius 2 is 1.81 bits per heavy atom. The Morgan fingerprint density at radius 1 is 1.25 bits per heavy atom. The fourth-order valence-corrected chi connectivity index (χ4v) is 1.67. The zero-order valence-corrected chi connectivity index (χ0v) is 10.6. The number of benzene rings is 1. The molecule has 0 bridgehead atoms. The van der Waals surface area contributed by atoms with Gasteiger partial charge in [-0.25, -0.2) is 0 Å². The van der Waals surface area contributed by atoms with Crippen LogP contribution < -0.4 is 4.74 Å². The largest absolute Gasteiger partial charge is 0.507 e. The van der Waals surface area contributed by atoms with E-state index in [0.717, 1.165) is 21.8 Å². The number of hydrogen-bond donors (Lipinski definition) is 1. The summed E-state index contributed by atoms with van der Waals surface area (Å²) in [5.74, 6) is 1.08. The van der Waals surface area contributed by atoms with Crippen LogP contribution in [-0.4, -0.2) is 17.1 Å². The van der Waals surface area contributed by atoms with E-state index < -0.39 is 0 Å². The van der Waals surface area contributed by atoms with Crippen LogP contribution in [0.3, 0.4) is 0 Å². The van der Waals surface area contributed by atoms with Crippen molar-refractivity contribution in [1.82, 2.24) is 0 Å². The Hall–Kier alpha value is -1.35.